The maximum absolute atomic E-state index is 12.5. The lowest BCUT2D eigenvalue weighted by molar-refractivity contribution is -0.133. The zero-order valence-corrected chi connectivity index (χ0v) is 18.5. The van der Waals surface area contributed by atoms with Gasteiger partial charge >= 0.3 is 5.97 Å². The molecule has 1 aromatic carbocycles. The van der Waals surface area contributed by atoms with Crippen molar-refractivity contribution < 1.29 is 19.1 Å². The average Bonchev–Trinajstić information content (AvgIpc) is 2.92. The van der Waals surface area contributed by atoms with E-state index in [4.69, 9.17) is 4.74 Å². The number of nitrogens with one attached hydrogen (secondary N) is 1. The second kappa shape index (κ2) is 9.56. The van der Waals surface area contributed by atoms with Crippen LogP contribution in [0.1, 0.15) is 33.3 Å². The van der Waals surface area contributed by atoms with Gasteiger partial charge < -0.3 is 19.9 Å². The summed E-state index contributed by atoms with van der Waals surface area (Å²) in [5.74, 6) is -1.19. The zero-order valence-electron chi connectivity index (χ0n) is 17.7. The van der Waals surface area contributed by atoms with Crippen molar-refractivity contribution in [3.63, 3.8) is 0 Å². The molecular weight excluding hydrogens is 390 g/mol. The number of carbonyl (C=O) groups excluding carboxylic acids is 3. The molecule has 0 saturated heterocycles. The number of carbonyl (C=O) groups is 3. The Balaban J connectivity index is 1.97. The maximum Gasteiger partial charge on any atom is 0.341 e. The Hall–Kier alpha value is -2.87. The second-order valence-electron chi connectivity index (χ2n) is 7.06. The third-order valence-electron chi connectivity index (χ3n) is 4.50. The lowest BCUT2D eigenvalue weighted by atomic mass is 10.1. The SMILES string of the molecule is CC(=O)Nc1sc(C)c(C)c1C(=O)OCC(=O)N(C)Cc1ccc(N(C)C)cc1. The Kier molecular flexibility index (Phi) is 7.39. The fourth-order valence-corrected chi connectivity index (χ4v) is 3.79. The Bertz CT molecular complexity index is 903. The van der Waals surface area contributed by atoms with Gasteiger partial charge in [0.15, 0.2) is 6.61 Å². The molecule has 2 aromatic rings. The highest BCUT2D eigenvalue weighted by atomic mass is 32.1. The number of nitrogens with zero attached hydrogens (tertiary/aromatic N) is 2. The van der Waals surface area contributed by atoms with E-state index in [0.29, 0.717) is 17.1 Å². The van der Waals surface area contributed by atoms with Gasteiger partial charge in [-0.25, -0.2) is 4.79 Å². The maximum atomic E-state index is 12.5. The molecule has 1 N–H and O–H groups in total. The highest BCUT2D eigenvalue weighted by Crippen LogP contribution is 2.33. The molecule has 0 spiro atoms. The number of amides is 2. The van der Waals surface area contributed by atoms with Gasteiger partial charge in [-0.15, -0.1) is 11.3 Å². The summed E-state index contributed by atoms with van der Waals surface area (Å²) in [6.45, 7) is 5.08. The fraction of sp³-hybridized carbons (Fsp3) is 0.381. The number of rotatable bonds is 7. The van der Waals surface area contributed by atoms with Gasteiger partial charge in [-0.1, -0.05) is 12.1 Å². The van der Waals surface area contributed by atoms with Crippen LogP contribution in [0.2, 0.25) is 0 Å². The van der Waals surface area contributed by atoms with E-state index in [1.165, 1.54) is 23.2 Å². The topological polar surface area (TPSA) is 78.9 Å². The van der Waals surface area contributed by atoms with E-state index in [9.17, 15) is 14.4 Å². The third kappa shape index (κ3) is 5.80. The van der Waals surface area contributed by atoms with E-state index in [1.54, 1.807) is 14.0 Å². The Morgan fingerprint density at radius 3 is 2.24 bits per heavy atom. The van der Waals surface area contributed by atoms with E-state index in [1.807, 2.05) is 50.2 Å². The third-order valence-corrected chi connectivity index (χ3v) is 5.63. The molecule has 0 aliphatic rings. The summed E-state index contributed by atoms with van der Waals surface area (Å²) in [6, 6.07) is 7.89. The molecular formula is C21H27N3O4S. The smallest absolute Gasteiger partial charge is 0.341 e. The lowest BCUT2D eigenvalue weighted by Crippen LogP contribution is -2.31. The number of likely N-dealkylation sites (N-methyl/N-ethyl adjacent to an activating group) is 1. The number of benzene rings is 1. The van der Waals surface area contributed by atoms with Gasteiger partial charge in [0.25, 0.3) is 5.91 Å². The van der Waals surface area contributed by atoms with Gasteiger partial charge in [-0.3, -0.25) is 9.59 Å². The quantitative estimate of drug-likeness (QED) is 0.700. The van der Waals surface area contributed by atoms with Crippen LogP contribution >= 0.6 is 11.3 Å². The van der Waals surface area contributed by atoms with Crippen LogP contribution < -0.4 is 10.2 Å². The Morgan fingerprint density at radius 2 is 1.69 bits per heavy atom. The molecule has 0 fully saturated rings. The minimum atomic E-state index is -0.618. The van der Waals surface area contributed by atoms with Crippen LogP contribution in [0.5, 0.6) is 0 Å². The van der Waals surface area contributed by atoms with Gasteiger partial charge in [0.05, 0.1) is 5.56 Å². The largest absolute Gasteiger partial charge is 0.452 e. The number of esters is 1. The van der Waals surface area contributed by atoms with Gasteiger partial charge in [0.2, 0.25) is 5.91 Å². The van der Waals surface area contributed by atoms with Crippen LogP contribution in [-0.2, 0) is 20.9 Å². The standard InChI is InChI=1S/C21H27N3O4S/c1-13-14(2)29-20(22-15(3)25)19(13)21(27)28-12-18(26)24(6)11-16-7-9-17(10-8-16)23(4)5/h7-10H,11-12H2,1-6H3,(H,22,25). The number of hydrogen-bond donors (Lipinski definition) is 1. The van der Waals surface area contributed by atoms with E-state index in [2.05, 4.69) is 5.32 Å². The minimum absolute atomic E-state index is 0.267. The van der Waals surface area contributed by atoms with E-state index < -0.39 is 5.97 Å². The highest BCUT2D eigenvalue weighted by molar-refractivity contribution is 7.16. The van der Waals surface area contributed by atoms with Crippen LogP contribution in [0, 0.1) is 13.8 Å². The van der Waals surface area contributed by atoms with Crippen LogP contribution in [-0.4, -0.2) is 50.4 Å². The molecule has 0 unspecified atom stereocenters. The summed E-state index contributed by atoms with van der Waals surface area (Å²) in [5, 5.41) is 3.10. The molecule has 0 bridgehead atoms. The van der Waals surface area contributed by atoms with Crippen molar-refractivity contribution in [1.82, 2.24) is 4.90 Å². The molecule has 0 aliphatic carbocycles. The number of hydrogen-bond acceptors (Lipinski definition) is 6. The molecule has 0 radical (unpaired) electrons. The number of aryl methyl sites for hydroxylation is 1. The number of thiophene rings is 1. The van der Waals surface area contributed by atoms with Crippen molar-refractivity contribution in [1.29, 1.82) is 0 Å². The van der Waals surface area contributed by atoms with Crippen molar-refractivity contribution in [3.8, 4) is 0 Å². The zero-order chi connectivity index (χ0) is 21.7. The van der Waals surface area contributed by atoms with Gasteiger partial charge in [0.1, 0.15) is 5.00 Å². The monoisotopic (exact) mass is 417 g/mol. The van der Waals surface area contributed by atoms with Gasteiger partial charge in [-0.2, -0.15) is 0 Å². The Labute approximate surface area is 175 Å². The summed E-state index contributed by atoms with van der Waals surface area (Å²) in [5.41, 5.74) is 3.10. The molecule has 2 rings (SSSR count). The molecule has 29 heavy (non-hydrogen) atoms. The number of anilines is 2. The van der Waals surface area contributed by atoms with E-state index >= 15 is 0 Å². The van der Waals surface area contributed by atoms with Gasteiger partial charge in [-0.05, 0) is 37.1 Å². The first-order chi connectivity index (χ1) is 13.6. The predicted octanol–water partition coefficient (Wildman–Crippen LogP) is 3.20. The molecule has 156 valence electrons. The van der Waals surface area contributed by atoms with Crippen molar-refractivity contribution in [2.24, 2.45) is 0 Å². The highest BCUT2D eigenvalue weighted by Gasteiger charge is 2.23. The predicted molar refractivity (Wildman–Crippen MR) is 116 cm³/mol. The number of ether oxygens (including phenoxy) is 1. The molecule has 0 atom stereocenters. The molecule has 1 aromatic heterocycles. The summed E-state index contributed by atoms with van der Waals surface area (Å²) in [7, 11) is 5.60. The molecule has 2 amide bonds. The summed E-state index contributed by atoms with van der Waals surface area (Å²) >= 11 is 1.31. The van der Waals surface area contributed by atoms with Crippen molar-refractivity contribution >= 4 is 39.8 Å². The molecule has 1 heterocycles. The van der Waals surface area contributed by atoms with Crippen LogP contribution in [0.4, 0.5) is 10.7 Å². The summed E-state index contributed by atoms with van der Waals surface area (Å²) in [6.07, 6.45) is 0. The van der Waals surface area contributed by atoms with Crippen LogP contribution in [0.3, 0.4) is 0 Å². The van der Waals surface area contributed by atoms with Crippen LogP contribution in [0.15, 0.2) is 24.3 Å². The van der Waals surface area contributed by atoms with Crippen LogP contribution in [0.25, 0.3) is 0 Å². The normalized spacial score (nSPS) is 10.4. The first kappa shape index (κ1) is 22.4. The van der Waals surface area contributed by atoms with Crippen molar-refractivity contribution in [2.75, 3.05) is 38.0 Å². The minimum Gasteiger partial charge on any atom is -0.452 e. The van der Waals surface area contributed by atoms with Crippen molar-refractivity contribution in [2.45, 2.75) is 27.3 Å². The second-order valence-corrected chi connectivity index (χ2v) is 8.28. The van der Waals surface area contributed by atoms with E-state index in [-0.39, 0.29) is 18.4 Å². The fourth-order valence-electron chi connectivity index (χ4n) is 2.69. The molecule has 0 saturated carbocycles. The molecule has 8 heteroatoms. The van der Waals surface area contributed by atoms with E-state index in [0.717, 1.165) is 21.7 Å². The van der Waals surface area contributed by atoms with Crippen molar-refractivity contribution in [3.05, 3.63) is 45.8 Å². The first-order valence-electron chi connectivity index (χ1n) is 9.15. The Morgan fingerprint density at radius 1 is 1.07 bits per heavy atom. The van der Waals surface area contributed by atoms with Gasteiger partial charge in [0, 0.05) is 45.2 Å². The molecule has 7 nitrogen and oxygen atoms in total. The lowest BCUT2D eigenvalue weighted by Gasteiger charge is -2.18. The average molecular weight is 418 g/mol. The summed E-state index contributed by atoms with van der Waals surface area (Å²) < 4.78 is 5.23. The first-order valence-corrected chi connectivity index (χ1v) is 9.96. The summed E-state index contributed by atoms with van der Waals surface area (Å²) in [4.78, 5) is 40.7. The molecule has 0 aliphatic heterocycles.